The summed E-state index contributed by atoms with van der Waals surface area (Å²) in [6.07, 6.45) is -4.68. The SMILES string of the molecule is NOC1CCN(S(=O)(=O)c2cccc(C(F)(F)F)c2)C1I. The van der Waals surface area contributed by atoms with Crippen LogP contribution in [0.25, 0.3) is 0 Å². The molecule has 0 bridgehead atoms. The van der Waals surface area contributed by atoms with Crippen molar-refractivity contribution in [2.24, 2.45) is 5.90 Å². The Kier molecular flexibility index (Phi) is 4.83. The monoisotopic (exact) mass is 436 g/mol. The fourth-order valence-corrected chi connectivity index (χ4v) is 5.30. The van der Waals surface area contributed by atoms with Crippen molar-refractivity contribution in [1.29, 1.82) is 0 Å². The standard InChI is InChI=1S/C11H12F3IN2O3S/c12-11(13,14)7-2-1-3-8(6-7)21(18,19)17-5-4-9(20-16)10(17)15/h1-3,6,9-10H,4-5,16H2. The number of rotatable bonds is 3. The Bertz CT molecular complexity index is 623. The Morgan fingerprint density at radius 1 is 1.38 bits per heavy atom. The fourth-order valence-electron chi connectivity index (χ4n) is 2.05. The molecule has 2 unspecified atom stereocenters. The van der Waals surface area contributed by atoms with E-state index < -0.39 is 36.8 Å². The van der Waals surface area contributed by atoms with Crippen molar-refractivity contribution in [2.45, 2.75) is 27.6 Å². The Labute approximate surface area is 133 Å². The van der Waals surface area contributed by atoms with Crippen LogP contribution in [0.4, 0.5) is 13.2 Å². The van der Waals surface area contributed by atoms with Crippen molar-refractivity contribution >= 4 is 32.6 Å². The van der Waals surface area contributed by atoms with Crippen molar-refractivity contribution in [2.75, 3.05) is 6.54 Å². The van der Waals surface area contributed by atoms with Crippen molar-refractivity contribution in [3.05, 3.63) is 29.8 Å². The van der Waals surface area contributed by atoms with E-state index in [1.807, 2.05) is 22.6 Å². The summed E-state index contributed by atoms with van der Waals surface area (Å²) in [5.74, 6) is 5.07. The highest BCUT2D eigenvalue weighted by Crippen LogP contribution is 2.34. The second-order valence-electron chi connectivity index (χ2n) is 4.48. The van der Waals surface area contributed by atoms with Gasteiger partial charge in [-0.05, 0) is 24.6 Å². The van der Waals surface area contributed by atoms with Crippen LogP contribution in [0.5, 0.6) is 0 Å². The highest BCUT2D eigenvalue weighted by Gasteiger charge is 2.41. The minimum absolute atomic E-state index is 0.147. The molecule has 1 aromatic rings. The maximum atomic E-state index is 12.7. The minimum Gasteiger partial charge on any atom is -0.299 e. The summed E-state index contributed by atoms with van der Waals surface area (Å²) in [6, 6.07) is 3.68. The molecule has 1 aliphatic heterocycles. The summed E-state index contributed by atoms with van der Waals surface area (Å²) >= 11 is 1.85. The number of nitrogens with zero attached hydrogens (tertiary/aromatic N) is 1. The molecular weight excluding hydrogens is 424 g/mol. The molecule has 0 aliphatic carbocycles. The van der Waals surface area contributed by atoms with Gasteiger partial charge in [0.2, 0.25) is 10.0 Å². The highest BCUT2D eigenvalue weighted by atomic mass is 127. The van der Waals surface area contributed by atoms with Gasteiger partial charge in [-0.2, -0.15) is 17.5 Å². The number of nitrogens with two attached hydrogens (primary N) is 1. The van der Waals surface area contributed by atoms with Crippen LogP contribution in [0, 0.1) is 0 Å². The molecule has 1 fully saturated rings. The van der Waals surface area contributed by atoms with Gasteiger partial charge >= 0.3 is 6.18 Å². The largest absolute Gasteiger partial charge is 0.416 e. The van der Waals surface area contributed by atoms with Crippen molar-refractivity contribution in [1.82, 2.24) is 4.31 Å². The first-order valence-electron chi connectivity index (χ1n) is 5.86. The van der Waals surface area contributed by atoms with Gasteiger partial charge in [0.05, 0.1) is 10.5 Å². The lowest BCUT2D eigenvalue weighted by Crippen LogP contribution is -2.37. The van der Waals surface area contributed by atoms with Gasteiger partial charge in [0.1, 0.15) is 10.2 Å². The summed E-state index contributed by atoms with van der Waals surface area (Å²) in [5, 5.41) is 0. The molecule has 2 N–H and O–H groups in total. The summed E-state index contributed by atoms with van der Waals surface area (Å²) in [5.41, 5.74) is -1.00. The Hall–Kier alpha value is -0.430. The summed E-state index contributed by atoms with van der Waals surface area (Å²) in [4.78, 5) is 4.28. The second kappa shape index (κ2) is 5.99. The van der Waals surface area contributed by atoms with Crippen LogP contribution >= 0.6 is 22.6 Å². The molecular formula is C11H12F3IN2O3S. The smallest absolute Gasteiger partial charge is 0.299 e. The molecule has 1 saturated heterocycles. The minimum atomic E-state index is -4.59. The zero-order valence-corrected chi connectivity index (χ0v) is 13.5. The molecule has 2 atom stereocenters. The first-order valence-corrected chi connectivity index (χ1v) is 8.55. The first kappa shape index (κ1) is 16.9. The topological polar surface area (TPSA) is 72.6 Å². The number of hydrogen-bond acceptors (Lipinski definition) is 4. The average molecular weight is 436 g/mol. The molecule has 1 aromatic carbocycles. The molecule has 1 aliphatic rings. The molecule has 0 amide bonds. The van der Waals surface area contributed by atoms with Gasteiger partial charge in [0, 0.05) is 6.54 Å². The zero-order chi connectivity index (χ0) is 15.8. The molecule has 0 radical (unpaired) electrons. The Morgan fingerprint density at radius 3 is 2.57 bits per heavy atom. The van der Waals surface area contributed by atoms with Gasteiger partial charge in [0.25, 0.3) is 0 Å². The molecule has 0 saturated carbocycles. The second-order valence-corrected chi connectivity index (χ2v) is 7.64. The van der Waals surface area contributed by atoms with Crippen molar-refractivity contribution in [3.63, 3.8) is 0 Å². The molecule has 118 valence electrons. The van der Waals surface area contributed by atoms with Crippen LogP contribution in [0.3, 0.4) is 0 Å². The summed E-state index contributed by atoms with van der Waals surface area (Å²) in [7, 11) is -4.02. The van der Waals surface area contributed by atoms with Crippen molar-refractivity contribution < 1.29 is 26.4 Å². The highest BCUT2D eigenvalue weighted by molar-refractivity contribution is 14.1. The van der Waals surface area contributed by atoms with Gasteiger partial charge in [0.15, 0.2) is 0 Å². The third kappa shape index (κ3) is 3.33. The lowest BCUT2D eigenvalue weighted by Gasteiger charge is -2.22. The van der Waals surface area contributed by atoms with Crippen LogP contribution in [0.1, 0.15) is 12.0 Å². The average Bonchev–Trinajstić information content (AvgIpc) is 2.79. The number of halogens is 4. The number of alkyl halides is 4. The predicted octanol–water partition coefficient (Wildman–Crippen LogP) is 2.12. The van der Waals surface area contributed by atoms with E-state index in [-0.39, 0.29) is 6.54 Å². The lowest BCUT2D eigenvalue weighted by atomic mass is 10.2. The van der Waals surface area contributed by atoms with Gasteiger partial charge in [-0.15, -0.1) is 0 Å². The third-order valence-corrected chi connectivity index (χ3v) is 6.89. The Balaban J connectivity index is 2.37. The van der Waals surface area contributed by atoms with E-state index in [1.54, 1.807) is 0 Å². The quantitative estimate of drug-likeness (QED) is 0.341. The molecule has 5 nitrogen and oxygen atoms in total. The van der Waals surface area contributed by atoms with Crippen LogP contribution < -0.4 is 5.90 Å². The van der Waals surface area contributed by atoms with Crippen LogP contribution in [-0.4, -0.2) is 29.4 Å². The van der Waals surface area contributed by atoms with E-state index in [9.17, 15) is 21.6 Å². The normalized spacial score (nSPS) is 24.4. The first-order chi connectivity index (χ1) is 9.67. The van der Waals surface area contributed by atoms with Crippen LogP contribution in [0.2, 0.25) is 0 Å². The summed E-state index contributed by atoms with van der Waals surface area (Å²) < 4.78 is 63.5. The van der Waals surface area contributed by atoms with Gasteiger partial charge in [-0.3, -0.25) is 4.84 Å². The molecule has 10 heteroatoms. The molecule has 2 rings (SSSR count). The van der Waals surface area contributed by atoms with Gasteiger partial charge in [-0.1, -0.05) is 28.7 Å². The van der Waals surface area contributed by atoms with Crippen molar-refractivity contribution in [3.8, 4) is 0 Å². The number of hydrogen-bond donors (Lipinski definition) is 1. The van der Waals surface area contributed by atoms with E-state index in [0.29, 0.717) is 12.5 Å². The molecule has 21 heavy (non-hydrogen) atoms. The van der Waals surface area contributed by atoms with Crippen LogP contribution in [0.15, 0.2) is 29.2 Å². The number of benzene rings is 1. The predicted molar refractivity (Wildman–Crippen MR) is 76.8 cm³/mol. The summed E-state index contributed by atoms with van der Waals surface area (Å²) in [6.45, 7) is 0.147. The molecule has 0 aromatic heterocycles. The van der Waals surface area contributed by atoms with E-state index >= 15 is 0 Å². The lowest BCUT2D eigenvalue weighted by molar-refractivity contribution is -0.137. The van der Waals surface area contributed by atoms with E-state index in [4.69, 9.17) is 5.90 Å². The van der Waals surface area contributed by atoms with Crippen LogP contribution in [-0.2, 0) is 21.0 Å². The van der Waals surface area contributed by atoms with E-state index in [2.05, 4.69) is 4.84 Å². The maximum absolute atomic E-state index is 12.7. The maximum Gasteiger partial charge on any atom is 0.416 e. The number of sulfonamides is 1. The molecule has 0 spiro atoms. The Morgan fingerprint density at radius 2 is 2.05 bits per heavy atom. The fraction of sp³-hybridized carbons (Fsp3) is 0.455. The van der Waals surface area contributed by atoms with Gasteiger partial charge in [-0.25, -0.2) is 14.3 Å². The van der Waals surface area contributed by atoms with E-state index in [1.165, 1.54) is 0 Å². The third-order valence-electron chi connectivity index (χ3n) is 3.16. The molecule has 1 heterocycles. The van der Waals surface area contributed by atoms with Gasteiger partial charge < -0.3 is 0 Å². The van der Waals surface area contributed by atoms with E-state index in [0.717, 1.165) is 22.5 Å². The zero-order valence-electron chi connectivity index (χ0n) is 10.5.